The van der Waals surface area contributed by atoms with Crippen LogP contribution in [0.4, 0.5) is 0 Å². The normalized spacial score (nSPS) is 13.4. The average Bonchev–Trinajstić information content (AvgIpc) is 2.35. The van der Waals surface area contributed by atoms with Crippen LogP contribution in [0, 0.1) is 12.8 Å². The van der Waals surface area contributed by atoms with Crippen molar-refractivity contribution in [3.05, 3.63) is 35.4 Å². The second kappa shape index (κ2) is 6.88. The Bertz CT molecular complexity index is 561. The molecule has 0 aliphatic carbocycles. The Balaban J connectivity index is 2.77. The molecule has 1 atom stereocenters. The summed E-state index contributed by atoms with van der Waals surface area (Å²) in [5, 5.41) is 8.80. The molecule has 4 nitrogen and oxygen atoms in total. The van der Waals surface area contributed by atoms with E-state index in [0.29, 0.717) is 6.42 Å². The summed E-state index contributed by atoms with van der Waals surface area (Å²) < 4.78 is 23.6. The van der Waals surface area contributed by atoms with Gasteiger partial charge in [0.2, 0.25) is 0 Å². The van der Waals surface area contributed by atoms with Gasteiger partial charge in [-0.25, -0.2) is 8.42 Å². The number of aliphatic carboxylic acids is 1. The van der Waals surface area contributed by atoms with E-state index in [1.807, 2.05) is 31.2 Å². The van der Waals surface area contributed by atoms with E-state index in [4.69, 9.17) is 0 Å². The van der Waals surface area contributed by atoms with Gasteiger partial charge in [-0.05, 0) is 44.7 Å². The van der Waals surface area contributed by atoms with Crippen molar-refractivity contribution in [2.24, 2.45) is 5.92 Å². The van der Waals surface area contributed by atoms with Gasteiger partial charge >= 0.3 is 5.97 Å². The highest BCUT2D eigenvalue weighted by atomic mass is 32.2. The fraction of sp³-hybridized carbons (Fsp3) is 0.533. The highest BCUT2D eigenvalue weighted by molar-refractivity contribution is 7.91. The number of hydrogen-bond acceptors (Lipinski definition) is 3. The molecule has 5 heteroatoms. The third-order valence-corrected chi connectivity index (χ3v) is 5.79. The Morgan fingerprint density at radius 1 is 1.25 bits per heavy atom. The Morgan fingerprint density at radius 3 is 2.35 bits per heavy atom. The summed E-state index contributed by atoms with van der Waals surface area (Å²) in [7, 11) is -3.19. The van der Waals surface area contributed by atoms with Crippen LogP contribution in [0.15, 0.2) is 24.3 Å². The molecule has 20 heavy (non-hydrogen) atoms. The first-order valence-electron chi connectivity index (χ1n) is 6.73. The lowest BCUT2D eigenvalue weighted by atomic mass is 9.94. The minimum absolute atomic E-state index is 0.0759. The maximum Gasteiger partial charge on any atom is 0.306 e. The number of aryl methyl sites for hydroxylation is 1. The summed E-state index contributed by atoms with van der Waals surface area (Å²) >= 11 is 0. The summed E-state index contributed by atoms with van der Waals surface area (Å²) in [6, 6.07) is 7.59. The number of hydrogen-bond donors (Lipinski definition) is 1. The lowest BCUT2D eigenvalue weighted by molar-refractivity contribution is -0.141. The number of sulfone groups is 1. The van der Waals surface area contributed by atoms with Gasteiger partial charge in [-0.2, -0.15) is 0 Å². The van der Waals surface area contributed by atoms with Gasteiger partial charge in [0.05, 0.1) is 16.9 Å². The van der Waals surface area contributed by atoms with Crippen molar-refractivity contribution < 1.29 is 18.3 Å². The van der Waals surface area contributed by atoms with E-state index in [1.165, 1.54) is 0 Å². The van der Waals surface area contributed by atoms with Crippen LogP contribution in [0.1, 0.15) is 31.4 Å². The van der Waals surface area contributed by atoms with Crippen LogP contribution < -0.4 is 0 Å². The van der Waals surface area contributed by atoms with Crippen LogP contribution in [0.5, 0.6) is 0 Å². The standard InChI is InChI=1S/C15H22O4S/c1-11(2)20(18,19)9-8-14(15(16)17)10-13-7-5-4-6-12(13)3/h4-7,11,14H,8-10H2,1-3H3,(H,16,17). The molecule has 0 saturated heterocycles. The lowest BCUT2D eigenvalue weighted by Crippen LogP contribution is -2.24. The zero-order valence-corrected chi connectivity index (χ0v) is 13.0. The van der Waals surface area contributed by atoms with Crippen LogP contribution in [-0.4, -0.2) is 30.5 Å². The van der Waals surface area contributed by atoms with Gasteiger partial charge < -0.3 is 5.11 Å². The monoisotopic (exact) mass is 298 g/mol. The third kappa shape index (κ3) is 4.63. The largest absolute Gasteiger partial charge is 0.481 e. The molecular formula is C15H22O4S. The molecule has 1 aromatic rings. The van der Waals surface area contributed by atoms with E-state index >= 15 is 0 Å². The second-order valence-electron chi connectivity index (χ2n) is 5.37. The average molecular weight is 298 g/mol. The lowest BCUT2D eigenvalue weighted by Gasteiger charge is -2.15. The van der Waals surface area contributed by atoms with E-state index < -0.39 is 27.0 Å². The van der Waals surface area contributed by atoms with Gasteiger partial charge in [0.15, 0.2) is 9.84 Å². The summed E-state index contributed by atoms with van der Waals surface area (Å²) in [5.74, 6) is -1.68. The predicted octanol–water partition coefficient (Wildman–Crippen LogP) is 2.45. The molecular weight excluding hydrogens is 276 g/mol. The van der Waals surface area contributed by atoms with Gasteiger partial charge in [0, 0.05) is 0 Å². The van der Waals surface area contributed by atoms with Crippen LogP contribution in [-0.2, 0) is 21.1 Å². The van der Waals surface area contributed by atoms with Crippen molar-refractivity contribution in [3.63, 3.8) is 0 Å². The first kappa shape index (κ1) is 16.7. The molecule has 1 N–H and O–H groups in total. The van der Waals surface area contributed by atoms with Crippen molar-refractivity contribution in [1.82, 2.24) is 0 Å². The third-order valence-electron chi connectivity index (χ3n) is 3.55. The smallest absolute Gasteiger partial charge is 0.306 e. The van der Waals surface area contributed by atoms with E-state index in [9.17, 15) is 18.3 Å². The highest BCUT2D eigenvalue weighted by Gasteiger charge is 2.23. The Hall–Kier alpha value is -1.36. The molecule has 0 aromatic heterocycles. The Morgan fingerprint density at radius 2 is 1.85 bits per heavy atom. The number of benzene rings is 1. The second-order valence-corrected chi connectivity index (χ2v) is 8.05. The van der Waals surface area contributed by atoms with E-state index in [0.717, 1.165) is 11.1 Å². The van der Waals surface area contributed by atoms with Gasteiger partial charge in [-0.3, -0.25) is 4.79 Å². The summed E-state index contributed by atoms with van der Waals surface area (Å²) in [4.78, 5) is 11.3. The minimum Gasteiger partial charge on any atom is -0.481 e. The molecule has 0 spiro atoms. The van der Waals surface area contributed by atoms with E-state index in [1.54, 1.807) is 13.8 Å². The van der Waals surface area contributed by atoms with Crippen molar-refractivity contribution in [1.29, 1.82) is 0 Å². The fourth-order valence-electron chi connectivity index (χ4n) is 1.96. The summed E-state index contributed by atoms with van der Waals surface area (Å²) in [6.07, 6.45) is 0.528. The van der Waals surface area contributed by atoms with Crippen LogP contribution >= 0.6 is 0 Å². The Labute approximate surface area is 120 Å². The molecule has 1 unspecified atom stereocenters. The molecule has 0 saturated carbocycles. The first-order chi connectivity index (χ1) is 9.24. The molecule has 0 aliphatic rings. The van der Waals surface area contributed by atoms with Gasteiger partial charge in [-0.1, -0.05) is 24.3 Å². The maximum atomic E-state index is 11.8. The Kier molecular flexibility index (Phi) is 5.74. The predicted molar refractivity (Wildman–Crippen MR) is 79.5 cm³/mol. The minimum atomic E-state index is -3.19. The molecule has 0 radical (unpaired) electrons. The molecule has 0 fully saturated rings. The van der Waals surface area contributed by atoms with Crippen molar-refractivity contribution in [2.75, 3.05) is 5.75 Å². The zero-order valence-electron chi connectivity index (χ0n) is 12.2. The number of carboxylic acids is 1. The van der Waals surface area contributed by atoms with Crippen LogP contribution in [0.25, 0.3) is 0 Å². The zero-order chi connectivity index (χ0) is 15.3. The molecule has 0 amide bonds. The van der Waals surface area contributed by atoms with Gasteiger partial charge in [-0.15, -0.1) is 0 Å². The molecule has 112 valence electrons. The highest BCUT2D eigenvalue weighted by Crippen LogP contribution is 2.18. The topological polar surface area (TPSA) is 71.4 Å². The number of carboxylic acid groups (broad SMARTS) is 1. The van der Waals surface area contributed by atoms with E-state index in [2.05, 4.69) is 0 Å². The van der Waals surface area contributed by atoms with Crippen molar-refractivity contribution >= 4 is 15.8 Å². The van der Waals surface area contributed by atoms with Crippen LogP contribution in [0.3, 0.4) is 0 Å². The fourth-order valence-corrected chi connectivity index (χ4v) is 3.04. The first-order valence-corrected chi connectivity index (χ1v) is 8.44. The molecule has 0 bridgehead atoms. The molecule has 0 heterocycles. The molecule has 1 aromatic carbocycles. The molecule has 0 aliphatic heterocycles. The summed E-state index contributed by atoms with van der Waals surface area (Å²) in [5.41, 5.74) is 1.99. The van der Waals surface area contributed by atoms with Gasteiger partial charge in [0.1, 0.15) is 0 Å². The number of carbonyl (C=O) groups is 1. The van der Waals surface area contributed by atoms with Gasteiger partial charge in [0.25, 0.3) is 0 Å². The SMILES string of the molecule is Cc1ccccc1CC(CCS(=O)(=O)C(C)C)C(=O)O. The number of rotatable bonds is 7. The maximum absolute atomic E-state index is 11.8. The van der Waals surface area contributed by atoms with Crippen molar-refractivity contribution in [3.8, 4) is 0 Å². The van der Waals surface area contributed by atoms with Crippen LogP contribution in [0.2, 0.25) is 0 Å². The van der Waals surface area contributed by atoms with E-state index in [-0.39, 0.29) is 12.2 Å². The quantitative estimate of drug-likeness (QED) is 0.839. The summed E-state index contributed by atoms with van der Waals surface area (Å²) in [6.45, 7) is 5.16. The molecule has 1 rings (SSSR count). The van der Waals surface area contributed by atoms with Crippen molar-refractivity contribution in [2.45, 2.75) is 38.9 Å².